The van der Waals surface area contributed by atoms with Gasteiger partial charge in [0.25, 0.3) is 0 Å². The predicted octanol–water partition coefficient (Wildman–Crippen LogP) is 3.47. The minimum absolute atomic E-state index is 0.102. The summed E-state index contributed by atoms with van der Waals surface area (Å²) >= 11 is 0. The summed E-state index contributed by atoms with van der Waals surface area (Å²) in [7, 11) is 0. The van der Waals surface area contributed by atoms with Crippen LogP contribution in [0.2, 0.25) is 0 Å². The van der Waals surface area contributed by atoms with E-state index in [1.807, 2.05) is 12.1 Å². The second-order valence-corrected chi connectivity index (χ2v) is 4.76. The maximum atomic E-state index is 13.0. The zero-order chi connectivity index (χ0) is 14.5. The van der Waals surface area contributed by atoms with E-state index in [1.165, 1.54) is 12.1 Å². The standard InChI is InChI=1S/C16H16F2O2/c1-11(19)6-12-2-4-16(5-3-12)20-10-13-7-14(17)9-15(18)8-13/h2-5,7-9,11,19H,6,10H2,1H3. The predicted molar refractivity (Wildman–Crippen MR) is 72.5 cm³/mol. The molecular formula is C16H16F2O2. The Morgan fingerprint density at radius 3 is 2.15 bits per heavy atom. The second kappa shape index (κ2) is 6.48. The molecule has 2 nitrogen and oxygen atoms in total. The van der Waals surface area contributed by atoms with Gasteiger partial charge in [-0.25, -0.2) is 8.78 Å². The van der Waals surface area contributed by atoms with Crippen molar-refractivity contribution < 1.29 is 18.6 Å². The van der Waals surface area contributed by atoms with Gasteiger partial charge in [0, 0.05) is 6.07 Å². The summed E-state index contributed by atoms with van der Waals surface area (Å²) in [5.74, 6) is -0.615. The molecule has 0 saturated heterocycles. The van der Waals surface area contributed by atoms with E-state index in [0.29, 0.717) is 17.7 Å². The van der Waals surface area contributed by atoms with E-state index in [0.717, 1.165) is 11.6 Å². The molecule has 1 unspecified atom stereocenters. The van der Waals surface area contributed by atoms with Crippen molar-refractivity contribution in [3.05, 3.63) is 65.2 Å². The van der Waals surface area contributed by atoms with Crippen LogP contribution in [0.25, 0.3) is 0 Å². The quantitative estimate of drug-likeness (QED) is 0.907. The molecule has 2 rings (SSSR count). The van der Waals surface area contributed by atoms with E-state index >= 15 is 0 Å². The lowest BCUT2D eigenvalue weighted by Crippen LogP contribution is -2.04. The number of aliphatic hydroxyl groups excluding tert-OH is 1. The summed E-state index contributed by atoms with van der Waals surface area (Å²) in [5, 5.41) is 9.28. The molecule has 0 radical (unpaired) electrons. The molecule has 4 heteroatoms. The first-order valence-electron chi connectivity index (χ1n) is 6.38. The van der Waals surface area contributed by atoms with Crippen LogP contribution in [0.15, 0.2) is 42.5 Å². The average Bonchev–Trinajstić information content (AvgIpc) is 2.36. The fraction of sp³-hybridized carbons (Fsp3) is 0.250. The van der Waals surface area contributed by atoms with Gasteiger partial charge in [-0.05, 0) is 48.7 Å². The van der Waals surface area contributed by atoms with Gasteiger partial charge in [-0.15, -0.1) is 0 Å². The van der Waals surface area contributed by atoms with Crippen molar-refractivity contribution in [1.29, 1.82) is 0 Å². The van der Waals surface area contributed by atoms with Gasteiger partial charge in [0.15, 0.2) is 0 Å². The van der Waals surface area contributed by atoms with Crippen LogP contribution >= 0.6 is 0 Å². The molecule has 2 aromatic rings. The first kappa shape index (κ1) is 14.5. The van der Waals surface area contributed by atoms with Crippen molar-refractivity contribution in [3.63, 3.8) is 0 Å². The number of hydrogen-bond acceptors (Lipinski definition) is 2. The fourth-order valence-corrected chi connectivity index (χ4v) is 1.92. The highest BCUT2D eigenvalue weighted by Gasteiger charge is 2.03. The minimum Gasteiger partial charge on any atom is -0.489 e. The van der Waals surface area contributed by atoms with Crippen LogP contribution in [-0.4, -0.2) is 11.2 Å². The molecule has 0 heterocycles. The van der Waals surface area contributed by atoms with E-state index in [4.69, 9.17) is 4.74 Å². The Labute approximate surface area is 116 Å². The highest BCUT2D eigenvalue weighted by atomic mass is 19.1. The Kier molecular flexibility index (Phi) is 4.69. The molecule has 0 bridgehead atoms. The van der Waals surface area contributed by atoms with E-state index in [2.05, 4.69) is 0 Å². The van der Waals surface area contributed by atoms with Crippen molar-refractivity contribution in [2.24, 2.45) is 0 Å². The first-order chi connectivity index (χ1) is 9.52. The summed E-state index contributed by atoms with van der Waals surface area (Å²) in [6, 6.07) is 10.6. The van der Waals surface area contributed by atoms with E-state index < -0.39 is 17.7 Å². The second-order valence-electron chi connectivity index (χ2n) is 4.76. The number of ether oxygens (including phenoxy) is 1. The van der Waals surface area contributed by atoms with Crippen molar-refractivity contribution >= 4 is 0 Å². The first-order valence-corrected chi connectivity index (χ1v) is 6.38. The highest BCUT2D eigenvalue weighted by Crippen LogP contribution is 2.16. The summed E-state index contributed by atoms with van der Waals surface area (Å²) in [4.78, 5) is 0. The smallest absolute Gasteiger partial charge is 0.126 e. The Balaban J connectivity index is 1.96. The molecule has 1 N–H and O–H groups in total. The third-order valence-corrected chi connectivity index (χ3v) is 2.78. The number of benzene rings is 2. The zero-order valence-corrected chi connectivity index (χ0v) is 11.1. The molecule has 0 saturated carbocycles. The Morgan fingerprint density at radius 1 is 1.00 bits per heavy atom. The Bertz CT molecular complexity index is 545. The van der Waals surface area contributed by atoms with E-state index in [-0.39, 0.29) is 6.61 Å². The van der Waals surface area contributed by atoms with Crippen LogP contribution in [0.1, 0.15) is 18.1 Å². The lowest BCUT2D eigenvalue weighted by atomic mass is 10.1. The van der Waals surface area contributed by atoms with Gasteiger partial charge in [0.1, 0.15) is 24.0 Å². The Morgan fingerprint density at radius 2 is 1.60 bits per heavy atom. The molecule has 1 atom stereocenters. The monoisotopic (exact) mass is 278 g/mol. The molecule has 20 heavy (non-hydrogen) atoms. The van der Waals surface area contributed by atoms with Gasteiger partial charge in [0.2, 0.25) is 0 Å². The number of rotatable bonds is 5. The lowest BCUT2D eigenvalue weighted by Gasteiger charge is -2.08. The highest BCUT2D eigenvalue weighted by molar-refractivity contribution is 5.28. The molecule has 0 aliphatic rings. The normalized spacial score (nSPS) is 12.2. The van der Waals surface area contributed by atoms with Crippen LogP contribution in [0.5, 0.6) is 5.75 Å². The molecule has 0 aromatic heterocycles. The molecule has 0 aliphatic heterocycles. The van der Waals surface area contributed by atoms with Crippen LogP contribution in [-0.2, 0) is 13.0 Å². The van der Waals surface area contributed by atoms with Gasteiger partial charge in [-0.2, -0.15) is 0 Å². The molecule has 106 valence electrons. The summed E-state index contributed by atoms with van der Waals surface area (Å²) < 4.78 is 31.5. The van der Waals surface area contributed by atoms with Crippen molar-refractivity contribution in [2.45, 2.75) is 26.1 Å². The van der Waals surface area contributed by atoms with Gasteiger partial charge < -0.3 is 9.84 Å². The molecular weight excluding hydrogens is 262 g/mol. The maximum absolute atomic E-state index is 13.0. The minimum atomic E-state index is -0.615. The van der Waals surface area contributed by atoms with Gasteiger partial charge in [-0.3, -0.25) is 0 Å². The average molecular weight is 278 g/mol. The van der Waals surface area contributed by atoms with Crippen LogP contribution in [0, 0.1) is 11.6 Å². The van der Waals surface area contributed by atoms with Crippen molar-refractivity contribution in [3.8, 4) is 5.75 Å². The van der Waals surface area contributed by atoms with Gasteiger partial charge >= 0.3 is 0 Å². The summed E-state index contributed by atoms with van der Waals surface area (Å²) in [6.45, 7) is 1.83. The Hall–Kier alpha value is -1.94. The molecule has 0 aliphatic carbocycles. The molecule has 0 spiro atoms. The molecule has 0 fully saturated rings. The zero-order valence-electron chi connectivity index (χ0n) is 11.1. The molecule has 2 aromatic carbocycles. The van der Waals surface area contributed by atoms with Crippen molar-refractivity contribution in [1.82, 2.24) is 0 Å². The van der Waals surface area contributed by atoms with Crippen LogP contribution < -0.4 is 4.74 Å². The topological polar surface area (TPSA) is 29.5 Å². The summed E-state index contributed by atoms with van der Waals surface area (Å²) in [6.07, 6.45) is 0.187. The van der Waals surface area contributed by atoms with Crippen LogP contribution in [0.4, 0.5) is 8.78 Å². The number of aliphatic hydroxyl groups is 1. The lowest BCUT2D eigenvalue weighted by molar-refractivity contribution is 0.195. The van der Waals surface area contributed by atoms with Crippen molar-refractivity contribution in [2.75, 3.05) is 0 Å². The van der Waals surface area contributed by atoms with Gasteiger partial charge in [0.05, 0.1) is 6.10 Å². The third-order valence-electron chi connectivity index (χ3n) is 2.78. The van der Waals surface area contributed by atoms with E-state index in [9.17, 15) is 13.9 Å². The SMILES string of the molecule is CC(O)Cc1ccc(OCc2cc(F)cc(F)c2)cc1. The maximum Gasteiger partial charge on any atom is 0.126 e. The fourth-order valence-electron chi connectivity index (χ4n) is 1.92. The van der Waals surface area contributed by atoms with E-state index in [1.54, 1.807) is 19.1 Å². The number of hydrogen-bond donors (Lipinski definition) is 1. The largest absolute Gasteiger partial charge is 0.489 e. The number of halogens is 2. The summed E-state index contributed by atoms with van der Waals surface area (Å²) in [5.41, 5.74) is 1.44. The third kappa shape index (κ3) is 4.31. The van der Waals surface area contributed by atoms with Crippen LogP contribution in [0.3, 0.4) is 0 Å². The van der Waals surface area contributed by atoms with Gasteiger partial charge in [-0.1, -0.05) is 12.1 Å². The molecule has 0 amide bonds.